The highest BCUT2D eigenvalue weighted by Gasteiger charge is 2.11. The molecule has 0 unspecified atom stereocenters. The number of para-hydroxylation sites is 1. The number of amides is 1. The zero-order chi connectivity index (χ0) is 20.6. The van der Waals surface area contributed by atoms with Crippen LogP contribution in [0.4, 0.5) is 5.69 Å². The van der Waals surface area contributed by atoms with Gasteiger partial charge in [-0.2, -0.15) is 0 Å². The lowest BCUT2D eigenvalue weighted by molar-refractivity contribution is -0.119. The Balaban J connectivity index is 1.47. The second-order valence-corrected chi connectivity index (χ2v) is 6.79. The number of hydrogen-bond donors (Lipinski definition) is 1. The number of benzene rings is 3. The first-order valence-electron chi connectivity index (χ1n) is 9.01. The molecule has 0 aliphatic heterocycles. The van der Waals surface area contributed by atoms with Crippen molar-refractivity contribution in [3.05, 3.63) is 94.5 Å². The number of carbonyl (C=O) groups is 2. The molecule has 0 saturated heterocycles. The van der Waals surface area contributed by atoms with E-state index < -0.39 is 11.9 Å². The van der Waals surface area contributed by atoms with Crippen molar-refractivity contribution in [2.45, 2.75) is 13.5 Å². The quantitative estimate of drug-likeness (QED) is 0.556. The van der Waals surface area contributed by atoms with Crippen LogP contribution >= 0.6 is 11.6 Å². The maximum Gasteiger partial charge on any atom is 0.338 e. The number of esters is 1. The Labute approximate surface area is 174 Å². The highest BCUT2D eigenvalue weighted by molar-refractivity contribution is 6.31. The van der Waals surface area contributed by atoms with Gasteiger partial charge in [0.05, 0.1) is 5.56 Å². The fourth-order valence-electron chi connectivity index (χ4n) is 2.50. The third kappa shape index (κ3) is 6.09. The van der Waals surface area contributed by atoms with Gasteiger partial charge in [-0.1, -0.05) is 48.0 Å². The molecule has 0 saturated carbocycles. The highest BCUT2D eigenvalue weighted by atomic mass is 35.5. The van der Waals surface area contributed by atoms with Gasteiger partial charge in [-0.25, -0.2) is 4.79 Å². The number of anilines is 1. The summed E-state index contributed by atoms with van der Waals surface area (Å²) in [5, 5.41) is 3.19. The van der Waals surface area contributed by atoms with Gasteiger partial charge in [0.2, 0.25) is 0 Å². The van der Waals surface area contributed by atoms with E-state index in [1.54, 1.807) is 42.5 Å². The van der Waals surface area contributed by atoms with Crippen LogP contribution in [0.1, 0.15) is 21.5 Å². The van der Waals surface area contributed by atoms with Gasteiger partial charge in [-0.3, -0.25) is 4.79 Å². The van der Waals surface area contributed by atoms with Gasteiger partial charge in [0.25, 0.3) is 5.91 Å². The number of nitrogens with one attached hydrogen (secondary N) is 1. The molecule has 0 radical (unpaired) electrons. The summed E-state index contributed by atoms with van der Waals surface area (Å²) in [5.74, 6) is -0.236. The smallest absolute Gasteiger partial charge is 0.338 e. The minimum atomic E-state index is -0.572. The average Bonchev–Trinajstić information content (AvgIpc) is 2.74. The molecule has 0 spiro atoms. The molecule has 5 nitrogen and oxygen atoms in total. The van der Waals surface area contributed by atoms with Crippen LogP contribution in [0.25, 0.3) is 0 Å². The Morgan fingerprint density at radius 2 is 1.69 bits per heavy atom. The minimum absolute atomic E-state index is 0.361. The molecule has 0 atom stereocenters. The summed E-state index contributed by atoms with van der Waals surface area (Å²) < 4.78 is 10.7. The van der Waals surface area contributed by atoms with E-state index >= 15 is 0 Å². The fraction of sp³-hybridized carbons (Fsp3) is 0.130. The van der Waals surface area contributed by atoms with Crippen LogP contribution in [0.15, 0.2) is 72.8 Å². The molecule has 0 aliphatic rings. The summed E-state index contributed by atoms with van der Waals surface area (Å²) in [6.07, 6.45) is 0. The lowest BCUT2D eigenvalue weighted by Gasteiger charge is -2.09. The Kier molecular flexibility index (Phi) is 6.87. The van der Waals surface area contributed by atoms with Crippen molar-refractivity contribution in [3.63, 3.8) is 0 Å². The van der Waals surface area contributed by atoms with E-state index in [1.165, 1.54) is 0 Å². The first-order valence-corrected chi connectivity index (χ1v) is 9.39. The van der Waals surface area contributed by atoms with Gasteiger partial charge in [0.1, 0.15) is 12.4 Å². The van der Waals surface area contributed by atoms with Gasteiger partial charge in [-0.05, 0) is 54.4 Å². The first-order chi connectivity index (χ1) is 14.0. The lowest BCUT2D eigenvalue weighted by atomic mass is 10.1. The van der Waals surface area contributed by atoms with Gasteiger partial charge in [-0.15, -0.1) is 0 Å². The Hall–Kier alpha value is -3.31. The average molecular weight is 410 g/mol. The first kappa shape index (κ1) is 20.4. The van der Waals surface area contributed by atoms with Crippen LogP contribution in [0.3, 0.4) is 0 Å². The van der Waals surface area contributed by atoms with E-state index in [2.05, 4.69) is 5.32 Å². The van der Waals surface area contributed by atoms with Crippen molar-refractivity contribution in [3.8, 4) is 5.75 Å². The van der Waals surface area contributed by atoms with Gasteiger partial charge >= 0.3 is 5.97 Å². The second kappa shape index (κ2) is 9.75. The molecule has 3 aromatic rings. The number of aryl methyl sites for hydroxylation is 1. The topological polar surface area (TPSA) is 64.6 Å². The SMILES string of the molecule is Cc1ccc(NC(=O)COC(=O)c2ccc(COc3ccccc3)cc2)cc1Cl. The molecule has 3 aromatic carbocycles. The van der Waals surface area contributed by atoms with Gasteiger partial charge in [0, 0.05) is 10.7 Å². The number of halogens is 1. The lowest BCUT2D eigenvalue weighted by Crippen LogP contribution is -2.21. The fourth-order valence-corrected chi connectivity index (χ4v) is 2.68. The predicted octanol–water partition coefficient (Wildman–Crippen LogP) is 5.02. The molecular weight excluding hydrogens is 390 g/mol. The summed E-state index contributed by atoms with van der Waals surface area (Å²) in [7, 11) is 0. The van der Waals surface area contributed by atoms with Crippen LogP contribution in [0, 0.1) is 6.92 Å². The zero-order valence-electron chi connectivity index (χ0n) is 15.9. The largest absolute Gasteiger partial charge is 0.489 e. The van der Waals surface area contributed by atoms with E-state index in [0.29, 0.717) is 22.9 Å². The molecule has 0 bridgehead atoms. The molecule has 29 heavy (non-hydrogen) atoms. The minimum Gasteiger partial charge on any atom is -0.489 e. The molecule has 0 aromatic heterocycles. The van der Waals surface area contributed by atoms with Crippen molar-refractivity contribution in [2.24, 2.45) is 0 Å². The molecule has 0 aliphatic carbocycles. The van der Waals surface area contributed by atoms with Crippen LogP contribution in [-0.2, 0) is 16.1 Å². The van der Waals surface area contributed by atoms with Crippen molar-refractivity contribution >= 4 is 29.2 Å². The van der Waals surface area contributed by atoms with E-state index in [-0.39, 0.29) is 6.61 Å². The predicted molar refractivity (Wildman–Crippen MR) is 112 cm³/mol. The van der Waals surface area contributed by atoms with Crippen LogP contribution in [0.5, 0.6) is 5.75 Å². The van der Waals surface area contributed by atoms with E-state index in [9.17, 15) is 9.59 Å². The van der Waals surface area contributed by atoms with Crippen molar-refractivity contribution < 1.29 is 19.1 Å². The van der Waals surface area contributed by atoms with E-state index in [4.69, 9.17) is 21.1 Å². The zero-order valence-corrected chi connectivity index (χ0v) is 16.6. The normalized spacial score (nSPS) is 10.3. The molecule has 1 N–H and O–H groups in total. The van der Waals surface area contributed by atoms with Gasteiger partial charge < -0.3 is 14.8 Å². The monoisotopic (exact) mass is 409 g/mol. The summed E-state index contributed by atoms with van der Waals surface area (Å²) in [6, 6.07) is 21.5. The Morgan fingerprint density at radius 1 is 0.966 bits per heavy atom. The molecule has 6 heteroatoms. The molecule has 1 amide bonds. The van der Waals surface area contributed by atoms with Crippen LogP contribution in [-0.4, -0.2) is 18.5 Å². The summed E-state index contributed by atoms with van der Waals surface area (Å²) in [4.78, 5) is 24.1. The van der Waals surface area contributed by atoms with Crippen molar-refractivity contribution in [1.29, 1.82) is 0 Å². The molecule has 0 heterocycles. The summed E-state index contributed by atoms with van der Waals surface area (Å²) >= 11 is 6.03. The molecule has 148 valence electrons. The van der Waals surface area contributed by atoms with E-state index in [0.717, 1.165) is 16.9 Å². The second-order valence-electron chi connectivity index (χ2n) is 6.39. The number of rotatable bonds is 7. The number of ether oxygens (including phenoxy) is 2. The Bertz CT molecular complexity index is 988. The third-order valence-corrected chi connectivity index (χ3v) is 4.54. The van der Waals surface area contributed by atoms with Gasteiger partial charge in [0.15, 0.2) is 6.61 Å². The third-order valence-electron chi connectivity index (χ3n) is 4.13. The molecule has 0 fully saturated rings. The van der Waals surface area contributed by atoms with E-state index in [1.807, 2.05) is 37.3 Å². The summed E-state index contributed by atoms with van der Waals surface area (Å²) in [5.41, 5.74) is 2.73. The van der Waals surface area contributed by atoms with Crippen LogP contribution in [0.2, 0.25) is 5.02 Å². The summed E-state index contributed by atoms with van der Waals surface area (Å²) in [6.45, 7) is 1.87. The number of carbonyl (C=O) groups excluding carboxylic acids is 2. The van der Waals surface area contributed by atoms with Crippen molar-refractivity contribution in [1.82, 2.24) is 0 Å². The number of hydrogen-bond acceptors (Lipinski definition) is 4. The maximum atomic E-state index is 12.1. The van der Waals surface area contributed by atoms with Crippen molar-refractivity contribution in [2.75, 3.05) is 11.9 Å². The Morgan fingerprint density at radius 3 is 2.38 bits per heavy atom. The van der Waals surface area contributed by atoms with Crippen LogP contribution < -0.4 is 10.1 Å². The molecular formula is C23H20ClNO4. The highest BCUT2D eigenvalue weighted by Crippen LogP contribution is 2.20. The molecule has 3 rings (SSSR count). The maximum absolute atomic E-state index is 12.1. The standard InChI is InChI=1S/C23H20ClNO4/c1-16-7-12-19(13-21(16)24)25-22(26)15-29-23(27)18-10-8-17(9-11-18)14-28-20-5-3-2-4-6-20/h2-13H,14-15H2,1H3,(H,25,26).